The van der Waals surface area contributed by atoms with Crippen LogP contribution in [-0.4, -0.2) is 88.8 Å². The van der Waals surface area contributed by atoms with Crippen LogP contribution in [0, 0.1) is 0 Å². The topological polar surface area (TPSA) is 74.6 Å². The van der Waals surface area contributed by atoms with Crippen LogP contribution < -0.4 is 0 Å². The SMILES string of the molecule is ClCC[N+]12CC[N+](CCCl)(CC1)C2.O=C(O)/C=C/C(=O)O. The lowest BCUT2D eigenvalue weighted by Gasteiger charge is -2.26. The van der Waals surface area contributed by atoms with Gasteiger partial charge in [0.05, 0.1) is 24.8 Å². The summed E-state index contributed by atoms with van der Waals surface area (Å²) in [6.45, 7) is 8.90. The molecule has 0 aromatic heterocycles. The number of fused-ring (bicyclic) bond motifs is 2. The minimum Gasteiger partial charge on any atom is -0.478 e. The van der Waals surface area contributed by atoms with Crippen LogP contribution in [0.2, 0.25) is 0 Å². The molecule has 6 nitrogen and oxygen atoms in total. The molecule has 8 heteroatoms. The van der Waals surface area contributed by atoms with Gasteiger partial charge in [0.25, 0.3) is 0 Å². The summed E-state index contributed by atoms with van der Waals surface area (Å²) >= 11 is 11.7. The number of rotatable bonds is 6. The molecular weight excluding hydrogens is 319 g/mol. The smallest absolute Gasteiger partial charge is 0.328 e. The number of carboxylic acid groups (broad SMARTS) is 2. The third kappa shape index (κ3) is 5.47. The van der Waals surface area contributed by atoms with Gasteiger partial charge < -0.3 is 10.2 Å². The monoisotopic (exact) mass is 340 g/mol. The number of nitrogens with zero attached hydrogens (tertiary/aromatic N) is 2. The van der Waals surface area contributed by atoms with Gasteiger partial charge in [0.1, 0.15) is 26.2 Å². The number of halogens is 2. The molecule has 0 aromatic rings. The molecule has 0 unspecified atom stereocenters. The van der Waals surface area contributed by atoms with Gasteiger partial charge in [-0.1, -0.05) is 0 Å². The Morgan fingerprint density at radius 1 is 0.857 bits per heavy atom. The van der Waals surface area contributed by atoms with E-state index in [2.05, 4.69) is 0 Å². The van der Waals surface area contributed by atoms with Gasteiger partial charge in [-0.2, -0.15) is 0 Å². The summed E-state index contributed by atoms with van der Waals surface area (Å²) in [5.74, 6) is -0.901. The van der Waals surface area contributed by atoms with Crippen LogP contribution in [0.3, 0.4) is 0 Å². The van der Waals surface area contributed by atoms with Crippen molar-refractivity contribution in [3.63, 3.8) is 0 Å². The zero-order valence-corrected chi connectivity index (χ0v) is 13.4. The van der Waals surface area contributed by atoms with Gasteiger partial charge in [-0.15, -0.1) is 23.2 Å². The number of alkyl halides is 2. The molecule has 0 amide bonds. The number of quaternary nitrogens is 2. The van der Waals surface area contributed by atoms with E-state index in [1.807, 2.05) is 0 Å². The number of aliphatic carboxylic acids is 2. The lowest BCUT2D eigenvalue weighted by molar-refractivity contribution is -0.985. The van der Waals surface area contributed by atoms with Crippen molar-refractivity contribution in [1.29, 1.82) is 0 Å². The third-order valence-corrected chi connectivity index (χ3v) is 4.52. The first-order chi connectivity index (χ1) is 9.87. The molecule has 2 bridgehead atoms. The molecule has 2 aliphatic heterocycles. The Balaban J connectivity index is 0.000000240. The highest BCUT2D eigenvalue weighted by molar-refractivity contribution is 6.18. The number of carboxylic acids is 2. The largest absolute Gasteiger partial charge is 0.478 e. The lowest BCUT2D eigenvalue weighted by atomic mass is 10.3. The number of carbonyl (C=O) groups is 2. The predicted octanol–water partition coefficient (Wildman–Crippen LogP) is 0.794. The summed E-state index contributed by atoms with van der Waals surface area (Å²) in [6, 6.07) is 0. The van der Waals surface area contributed by atoms with E-state index in [0.717, 1.165) is 24.8 Å². The molecule has 0 spiro atoms. The highest BCUT2D eigenvalue weighted by atomic mass is 35.5. The molecule has 2 saturated heterocycles. The summed E-state index contributed by atoms with van der Waals surface area (Å²) in [5.41, 5.74) is 0. The normalized spacial score (nSPS) is 30.2. The molecule has 0 aliphatic carbocycles. The van der Waals surface area contributed by atoms with E-state index >= 15 is 0 Å². The molecule has 0 atom stereocenters. The van der Waals surface area contributed by atoms with E-state index < -0.39 is 11.9 Å². The maximum absolute atomic E-state index is 9.55. The van der Waals surface area contributed by atoms with Crippen LogP contribution in [0.5, 0.6) is 0 Å². The Hall–Kier alpha value is -0.820. The van der Waals surface area contributed by atoms with Crippen molar-refractivity contribution in [1.82, 2.24) is 0 Å². The lowest BCUT2D eigenvalue weighted by Crippen LogP contribution is -2.48. The molecule has 2 rings (SSSR count). The minimum absolute atomic E-state index is 0.558. The maximum atomic E-state index is 9.55. The zero-order valence-electron chi connectivity index (χ0n) is 11.9. The van der Waals surface area contributed by atoms with E-state index in [1.165, 1.54) is 41.8 Å². The van der Waals surface area contributed by atoms with Gasteiger partial charge >= 0.3 is 11.9 Å². The summed E-state index contributed by atoms with van der Waals surface area (Å²) in [5, 5.41) is 15.6. The number of piperazine rings is 1. The quantitative estimate of drug-likeness (QED) is 0.426. The molecule has 120 valence electrons. The fourth-order valence-corrected chi connectivity index (χ4v) is 3.80. The van der Waals surface area contributed by atoms with Crippen LogP contribution in [0.1, 0.15) is 0 Å². The van der Waals surface area contributed by atoms with Crippen molar-refractivity contribution >= 4 is 35.1 Å². The second kappa shape index (κ2) is 7.98. The molecule has 0 aromatic carbocycles. The molecule has 2 aliphatic rings. The number of hydrogen-bond acceptors (Lipinski definition) is 2. The van der Waals surface area contributed by atoms with Crippen LogP contribution in [0.4, 0.5) is 0 Å². The fourth-order valence-electron chi connectivity index (χ4n) is 3.08. The average Bonchev–Trinajstić information content (AvgIpc) is 2.93. The third-order valence-electron chi connectivity index (χ3n) is 4.18. The van der Waals surface area contributed by atoms with Crippen LogP contribution in [-0.2, 0) is 9.59 Å². The minimum atomic E-state index is -1.26. The van der Waals surface area contributed by atoms with Crippen molar-refractivity contribution in [3.8, 4) is 0 Å². The van der Waals surface area contributed by atoms with E-state index in [0.29, 0.717) is 12.2 Å². The Labute approximate surface area is 134 Å². The first kappa shape index (κ1) is 18.2. The van der Waals surface area contributed by atoms with Gasteiger partial charge in [0.15, 0.2) is 0 Å². The Morgan fingerprint density at radius 2 is 1.19 bits per heavy atom. The van der Waals surface area contributed by atoms with Crippen LogP contribution in [0.25, 0.3) is 0 Å². The molecular formula is C13H22Cl2N2O4+2. The highest BCUT2D eigenvalue weighted by Gasteiger charge is 2.54. The van der Waals surface area contributed by atoms with Gasteiger partial charge in [-0.3, -0.25) is 8.97 Å². The number of hydrogen-bond donors (Lipinski definition) is 2. The van der Waals surface area contributed by atoms with Crippen molar-refractivity contribution < 1.29 is 28.8 Å². The predicted molar refractivity (Wildman–Crippen MR) is 80.4 cm³/mol. The summed E-state index contributed by atoms with van der Waals surface area (Å²) in [7, 11) is 0. The fraction of sp³-hybridized carbons (Fsp3) is 0.692. The molecule has 2 fully saturated rings. The van der Waals surface area contributed by atoms with Crippen molar-refractivity contribution in [2.75, 3.05) is 57.7 Å². The van der Waals surface area contributed by atoms with E-state index in [4.69, 9.17) is 33.4 Å². The maximum Gasteiger partial charge on any atom is 0.328 e. The second-order valence-corrected chi connectivity index (χ2v) is 6.31. The van der Waals surface area contributed by atoms with Crippen molar-refractivity contribution in [2.45, 2.75) is 0 Å². The summed E-state index contributed by atoms with van der Waals surface area (Å²) in [4.78, 5) is 19.1. The van der Waals surface area contributed by atoms with E-state index in [-0.39, 0.29) is 0 Å². The van der Waals surface area contributed by atoms with Crippen LogP contribution >= 0.6 is 23.2 Å². The first-order valence-corrected chi connectivity index (χ1v) is 7.90. The molecule has 21 heavy (non-hydrogen) atoms. The molecule has 2 N–H and O–H groups in total. The molecule has 0 radical (unpaired) electrons. The van der Waals surface area contributed by atoms with Gasteiger partial charge in [0.2, 0.25) is 6.67 Å². The molecule has 2 heterocycles. The summed E-state index contributed by atoms with van der Waals surface area (Å²) < 4.78 is 2.53. The van der Waals surface area contributed by atoms with Gasteiger partial charge in [-0.25, -0.2) is 9.59 Å². The van der Waals surface area contributed by atoms with E-state index in [1.54, 1.807) is 0 Å². The van der Waals surface area contributed by atoms with Crippen molar-refractivity contribution in [3.05, 3.63) is 12.2 Å². The summed E-state index contributed by atoms with van der Waals surface area (Å²) in [6.07, 6.45) is 1.12. The Bertz CT molecular complexity index is 371. The first-order valence-electron chi connectivity index (χ1n) is 6.83. The van der Waals surface area contributed by atoms with Crippen LogP contribution in [0.15, 0.2) is 12.2 Å². The standard InChI is InChI=1S/C9H18Cl2N2.C4H4O4/c10-1-3-12-5-7-13(9-12,4-2-11)8-6-12;5-3(6)1-2-4(7)8/h1-9H2;1-2H,(H,5,6)(H,7,8)/q+2;/b;2-1+. The average molecular weight is 341 g/mol. The zero-order chi connectivity index (χ0) is 15.9. The molecule has 0 saturated carbocycles. The van der Waals surface area contributed by atoms with Gasteiger partial charge in [0, 0.05) is 12.2 Å². The van der Waals surface area contributed by atoms with Gasteiger partial charge in [-0.05, 0) is 0 Å². The van der Waals surface area contributed by atoms with Crippen molar-refractivity contribution in [2.24, 2.45) is 0 Å². The highest BCUT2D eigenvalue weighted by Crippen LogP contribution is 2.31. The Morgan fingerprint density at radius 3 is 1.43 bits per heavy atom. The van der Waals surface area contributed by atoms with E-state index in [9.17, 15) is 9.59 Å². The Kier molecular flexibility index (Phi) is 6.93. The second-order valence-electron chi connectivity index (χ2n) is 5.55.